The summed E-state index contributed by atoms with van der Waals surface area (Å²) in [7, 11) is 0. The van der Waals surface area contributed by atoms with Crippen molar-refractivity contribution in [1.29, 1.82) is 0 Å². The van der Waals surface area contributed by atoms with Gasteiger partial charge in [-0.05, 0) is 75.1 Å². The van der Waals surface area contributed by atoms with E-state index in [-0.39, 0.29) is 24.1 Å². The molecule has 2 aromatic rings. The predicted molar refractivity (Wildman–Crippen MR) is 117 cm³/mol. The van der Waals surface area contributed by atoms with Crippen LogP contribution in [0.1, 0.15) is 61.6 Å². The molecule has 0 radical (unpaired) electrons. The summed E-state index contributed by atoms with van der Waals surface area (Å²) in [5.41, 5.74) is 2.40. The molecule has 3 aliphatic rings. The number of aliphatic hydroxyl groups is 1. The molecular formula is C25H31NO5. The van der Waals surface area contributed by atoms with E-state index in [4.69, 9.17) is 9.15 Å². The molecule has 166 valence electrons. The largest absolute Gasteiger partial charge is 0.483 e. The van der Waals surface area contributed by atoms with Gasteiger partial charge in [-0.3, -0.25) is 4.79 Å². The van der Waals surface area contributed by atoms with Gasteiger partial charge in [0.25, 0.3) is 5.91 Å². The fraction of sp³-hybridized carbons (Fsp3) is 0.600. The van der Waals surface area contributed by atoms with Crippen LogP contribution in [0.25, 0.3) is 11.0 Å². The molecule has 1 N–H and O–H groups in total. The summed E-state index contributed by atoms with van der Waals surface area (Å²) >= 11 is 0. The first-order valence-electron chi connectivity index (χ1n) is 11.7. The second kappa shape index (κ2) is 7.97. The summed E-state index contributed by atoms with van der Waals surface area (Å²) in [5.74, 6) is 0.741. The molecule has 2 fully saturated rings. The van der Waals surface area contributed by atoms with Crippen molar-refractivity contribution in [2.75, 3.05) is 19.7 Å². The molecule has 0 spiro atoms. The number of hydrogen-bond donors (Lipinski definition) is 1. The van der Waals surface area contributed by atoms with Crippen LogP contribution in [0.2, 0.25) is 0 Å². The molecule has 2 atom stereocenters. The summed E-state index contributed by atoms with van der Waals surface area (Å²) in [6.07, 6.45) is 8.27. The van der Waals surface area contributed by atoms with Gasteiger partial charge in [0.05, 0.1) is 11.0 Å². The van der Waals surface area contributed by atoms with Gasteiger partial charge in [0.1, 0.15) is 11.3 Å². The number of fused-ring (bicyclic) bond motifs is 4. The van der Waals surface area contributed by atoms with Gasteiger partial charge in [0.15, 0.2) is 6.61 Å². The maximum absolute atomic E-state index is 13.0. The fourth-order valence-electron chi connectivity index (χ4n) is 5.81. The van der Waals surface area contributed by atoms with Crippen LogP contribution < -0.4 is 10.4 Å². The van der Waals surface area contributed by atoms with Crippen molar-refractivity contribution in [3.8, 4) is 5.75 Å². The molecule has 1 saturated carbocycles. The van der Waals surface area contributed by atoms with Crippen molar-refractivity contribution >= 4 is 16.9 Å². The minimum atomic E-state index is -0.598. The van der Waals surface area contributed by atoms with E-state index < -0.39 is 5.60 Å². The number of rotatable bonds is 3. The number of ether oxygens (including phenoxy) is 1. The molecule has 2 aliphatic carbocycles. The molecule has 6 nitrogen and oxygen atoms in total. The highest BCUT2D eigenvalue weighted by atomic mass is 16.5. The van der Waals surface area contributed by atoms with Gasteiger partial charge < -0.3 is 19.2 Å². The van der Waals surface area contributed by atoms with Crippen LogP contribution in [-0.2, 0) is 17.6 Å². The highest BCUT2D eigenvalue weighted by Gasteiger charge is 2.43. The third-order valence-electron chi connectivity index (χ3n) is 7.56. The smallest absolute Gasteiger partial charge is 0.339 e. The van der Waals surface area contributed by atoms with Crippen molar-refractivity contribution in [3.63, 3.8) is 0 Å². The number of carbonyl (C=O) groups is 1. The topological polar surface area (TPSA) is 80.0 Å². The molecule has 1 amide bonds. The number of aryl methyl sites for hydroxylation is 2. The first kappa shape index (κ1) is 20.6. The Kier molecular flexibility index (Phi) is 5.29. The van der Waals surface area contributed by atoms with Crippen molar-refractivity contribution < 1.29 is 19.1 Å². The van der Waals surface area contributed by atoms with Crippen molar-refractivity contribution in [3.05, 3.63) is 39.2 Å². The third kappa shape index (κ3) is 3.75. The third-order valence-corrected chi connectivity index (χ3v) is 7.56. The minimum Gasteiger partial charge on any atom is -0.483 e. The van der Waals surface area contributed by atoms with Crippen LogP contribution in [0.3, 0.4) is 0 Å². The number of amides is 1. The lowest BCUT2D eigenvalue weighted by Gasteiger charge is -2.47. The van der Waals surface area contributed by atoms with E-state index in [1.807, 2.05) is 24.0 Å². The van der Waals surface area contributed by atoms with E-state index in [1.54, 1.807) is 0 Å². The Bertz CT molecular complexity index is 1070. The number of hydrogen-bond acceptors (Lipinski definition) is 5. The van der Waals surface area contributed by atoms with Crippen molar-refractivity contribution in [2.45, 2.75) is 70.3 Å². The number of carbonyl (C=O) groups excluding carboxylic acids is 1. The molecule has 31 heavy (non-hydrogen) atoms. The maximum Gasteiger partial charge on any atom is 0.339 e. The predicted octanol–water partition coefficient (Wildman–Crippen LogP) is 3.51. The number of nitrogens with zero attached hydrogens (tertiary/aromatic N) is 1. The first-order chi connectivity index (χ1) is 14.9. The Morgan fingerprint density at radius 3 is 2.84 bits per heavy atom. The average Bonchev–Trinajstić information content (AvgIpc) is 2.76. The minimum absolute atomic E-state index is 0.0440. The Morgan fingerprint density at radius 2 is 2.00 bits per heavy atom. The van der Waals surface area contributed by atoms with E-state index in [0.717, 1.165) is 73.4 Å². The summed E-state index contributed by atoms with van der Waals surface area (Å²) in [5, 5.41) is 11.7. The summed E-state index contributed by atoms with van der Waals surface area (Å²) < 4.78 is 11.7. The Hall–Kier alpha value is -2.34. The van der Waals surface area contributed by atoms with E-state index in [0.29, 0.717) is 30.8 Å². The fourth-order valence-corrected chi connectivity index (χ4v) is 5.81. The van der Waals surface area contributed by atoms with Gasteiger partial charge in [-0.15, -0.1) is 0 Å². The van der Waals surface area contributed by atoms with Crippen LogP contribution in [0.5, 0.6) is 5.75 Å². The van der Waals surface area contributed by atoms with Gasteiger partial charge in [-0.25, -0.2) is 4.79 Å². The van der Waals surface area contributed by atoms with Gasteiger partial charge in [0, 0.05) is 24.6 Å². The lowest BCUT2D eigenvalue weighted by atomic mass is 9.71. The number of benzene rings is 1. The van der Waals surface area contributed by atoms with Gasteiger partial charge >= 0.3 is 5.63 Å². The standard InChI is InChI=1S/C25H31NO5/c1-16-12-20(23-18-7-2-3-8-19(18)24(28)31-21(23)13-16)30-15-22(27)26-11-10-25(29)9-5-4-6-17(25)14-26/h12-13,17,29H,2-11,14-15H2,1H3/t17-,25-/m0/s1. The molecule has 2 heterocycles. The normalized spacial score (nSPS) is 25.7. The van der Waals surface area contributed by atoms with E-state index in [9.17, 15) is 14.7 Å². The molecule has 1 aliphatic heterocycles. The Balaban J connectivity index is 1.37. The average molecular weight is 426 g/mol. The first-order valence-corrected chi connectivity index (χ1v) is 11.7. The summed E-state index contributed by atoms with van der Waals surface area (Å²) in [6.45, 7) is 3.07. The van der Waals surface area contributed by atoms with E-state index in [1.165, 1.54) is 0 Å². The molecule has 0 unspecified atom stereocenters. The van der Waals surface area contributed by atoms with Crippen LogP contribution in [-0.4, -0.2) is 41.2 Å². The molecule has 1 aromatic heterocycles. The lowest BCUT2D eigenvalue weighted by molar-refractivity contribution is -0.145. The van der Waals surface area contributed by atoms with Gasteiger partial charge in [-0.2, -0.15) is 0 Å². The molecular weight excluding hydrogens is 394 g/mol. The van der Waals surface area contributed by atoms with Crippen LogP contribution in [0.4, 0.5) is 0 Å². The molecule has 5 rings (SSSR count). The number of piperidine rings is 1. The van der Waals surface area contributed by atoms with Crippen molar-refractivity contribution in [1.82, 2.24) is 4.90 Å². The lowest BCUT2D eigenvalue weighted by Crippen LogP contribution is -2.55. The molecule has 1 aromatic carbocycles. The summed E-state index contributed by atoms with van der Waals surface area (Å²) in [6, 6.07) is 3.80. The number of likely N-dealkylation sites (tertiary alicyclic amines) is 1. The maximum atomic E-state index is 13.0. The molecule has 0 bridgehead atoms. The zero-order chi connectivity index (χ0) is 21.6. The van der Waals surface area contributed by atoms with Crippen LogP contribution in [0, 0.1) is 12.8 Å². The van der Waals surface area contributed by atoms with E-state index in [2.05, 4.69) is 0 Å². The van der Waals surface area contributed by atoms with Gasteiger partial charge in [0.2, 0.25) is 0 Å². The second-order valence-electron chi connectivity index (χ2n) is 9.61. The molecule has 6 heteroatoms. The van der Waals surface area contributed by atoms with E-state index >= 15 is 0 Å². The van der Waals surface area contributed by atoms with Gasteiger partial charge in [-0.1, -0.05) is 12.8 Å². The molecule has 1 saturated heterocycles. The van der Waals surface area contributed by atoms with Crippen molar-refractivity contribution in [2.24, 2.45) is 5.92 Å². The van der Waals surface area contributed by atoms with Crippen LogP contribution >= 0.6 is 0 Å². The Labute approximate surface area is 182 Å². The quantitative estimate of drug-likeness (QED) is 0.762. The summed E-state index contributed by atoms with van der Waals surface area (Å²) in [4.78, 5) is 27.2. The Morgan fingerprint density at radius 1 is 1.19 bits per heavy atom. The SMILES string of the molecule is Cc1cc(OCC(=O)N2CC[C@@]3(O)CCCC[C@H]3C2)c2c3c(c(=O)oc2c1)CCCC3. The zero-order valence-corrected chi connectivity index (χ0v) is 18.2. The zero-order valence-electron chi connectivity index (χ0n) is 18.2. The highest BCUT2D eigenvalue weighted by Crippen LogP contribution is 2.40. The second-order valence-corrected chi connectivity index (χ2v) is 9.61. The van der Waals surface area contributed by atoms with Crippen LogP contribution in [0.15, 0.2) is 21.3 Å². The highest BCUT2D eigenvalue weighted by molar-refractivity contribution is 5.89. The monoisotopic (exact) mass is 425 g/mol.